The Hall–Kier alpha value is -1.95. The van der Waals surface area contributed by atoms with E-state index in [-0.39, 0.29) is 18.5 Å². The molecule has 0 unspecified atom stereocenters. The largest absolute Gasteiger partial charge is 0.325 e. The maximum absolute atomic E-state index is 12.3. The van der Waals surface area contributed by atoms with Crippen LogP contribution < -0.4 is 5.32 Å². The van der Waals surface area contributed by atoms with E-state index >= 15 is 0 Å². The first kappa shape index (κ1) is 17.9. The highest BCUT2D eigenvalue weighted by molar-refractivity contribution is 7.18. The molecule has 1 aromatic heterocycles. The SMILES string of the molecule is Cc1ccc(NC(=O)CN(C)[C@H](C)c2nc3ccccc3s2)cc1Cl. The van der Waals surface area contributed by atoms with E-state index in [1.807, 2.05) is 49.2 Å². The van der Waals surface area contributed by atoms with Crippen molar-refractivity contribution in [2.75, 3.05) is 18.9 Å². The number of halogens is 1. The van der Waals surface area contributed by atoms with Crippen LogP contribution in [0.5, 0.6) is 0 Å². The van der Waals surface area contributed by atoms with Gasteiger partial charge in [-0.2, -0.15) is 0 Å². The van der Waals surface area contributed by atoms with Crippen LogP contribution in [0.3, 0.4) is 0 Å². The Morgan fingerprint density at radius 1 is 1.32 bits per heavy atom. The zero-order valence-corrected chi connectivity index (χ0v) is 16.0. The fourth-order valence-electron chi connectivity index (χ4n) is 2.49. The number of nitrogens with one attached hydrogen (secondary N) is 1. The van der Waals surface area contributed by atoms with Crippen molar-refractivity contribution >= 4 is 44.7 Å². The Morgan fingerprint density at radius 3 is 2.80 bits per heavy atom. The first-order chi connectivity index (χ1) is 11.9. The van der Waals surface area contributed by atoms with Gasteiger partial charge in [-0.25, -0.2) is 4.98 Å². The maximum Gasteiger partial charge on any atom is 0.238 e. The zero-order chi connectivity index (χ0) is 18.0. The van der Waals surface area contributed by atoms with Gasteiger partial charge < -0.3 is 5.32 Å². The number of aryl methyl sites for hydroxylation is 1. The quantitative estimate of drug-likeness (QED) is 0.692. The van der Waals surface area contributed by atoms with Crippen LogP contribution in [-0.2, 0) is 4.79 Å². The lowest BCUT2D eigenvalue weighted by molar-refractivity contribution is -0.117. The van der Waals surface area contributed by atoms with E-state index in [4.69, 9.17) is 11.6 Å². The third-order valence-corrected chi connectivity index (χ3v) is 5.79. The fourth-order valence-corrected chi connectivity index (χ4v) is 3.76. The van der Waals surface area contributed by atoms with Gasteiger partial charge in [0.15, 0.2) is 0 Å². The average molecular weight is 374 g/mol. The number of nitrogens with zero attached hydrogens (tertiary/aromatic N) is 2. The first-order valence-corrected chi connectivity index (χ1v) is 9.25. The summed E-state index contributed by atoms with van der Waals surface area (Å²) in [5, 5.41) is 4.55. The van der Waals surface area contributed by atoms with Crippen molar-refractivity contribution in [1.29, 1.82) is 0 Å². The summed E-state index contributed by atoms with van der Waals surface area (Å²) in [6.45, 7) is 4.28. The first-order valence-electron chi connectivity index (χ1n) is 8.06. The summed E-state index contributed by atoms with van der Waals surface area (Å²) in [6, 6.07) is 13.7. The number of carbonyl (C=O) groups is 1. The molecular weight excluding hydrogens is 354 g/mol. The minimum Gasteiger partial charge on any atom is -0.325 e. The van der Waals surface area contributed by atoms with Gasteiger partial charge >= 0.3 is 0 Å². The van der Waals surface area contributed by atoms with Crippen molar-refractivity contribution in [3.63, 3.8) is 0 Å². The summed E-state index contributed by atoms with van der Waals surface area (Å²) < 4.78 is 1.16. The number of amides is 1. The van der Waals surface area contributed by atoms with Gasteiger partial charge in [-0.05, 0) is 50.7 Å². The van der Waals surface area contributed by atoms with Crippen molar-refractivity contribution in [2.45, 2.75) is 19.9 Å². The summed E-state index contributed by atoms with van der Waals surface area (Å²) >= 11 is 7.77. The third-order valence-electron chi connectivity index (χ3n) is 4.18. The molecule has 3 aromatic rings. The second-order valence-electron chi connectivity index (χ2n) is 6.12. The number of fused-ring (bicyclic) bond motifs is 1. The number of para-hydroxylation sites is 1. The number of likely N-dealkylation sites (N-methyl/N-ethyl adjacent to an activating group) is 1. The number of thiazole rings is 1. The van der Waals surface area contributed by atoms with E-state index < -0.39 is 0 Å². The summed E-state index contributed by atoms with van der Waals surface area (Å²) in [7, 11) is 1.93. The van der Waals surface area contributed by atoms with Gasteiger partial charge in [0.1, 0.15) is 5.01 Å². The molecule has 130 valence electrons. The molecule has 0 aliphatic heterocycles. The molecule has 0 aliphatic carbocycles. The number of benzene rings is 2. The lowest BCUT2D eigenvalue weighted by atomic mass is 10.2. The molecule has 0 saturated heterocycles. The standard InChI is InChI=1S/C19H20ClN3OS/c1-12-8-9-14(10-15(12)20)21-18(24)11-23(3)13(2)19-22-16-6-4-5-7-17(16)25-19/h4-10,13H,11H2,1-3H3,(H,21,24)/t13-/m1/s1. The molecule has 0 bridgehead atoms. The molecule has 3 rings (SSSR count). The van der Waals surface area contributed by atoms with Crippen molar-refractivity contribution < 1.29 is 4.79 Å². The second-order valence-corrected chi connectivity index (χ2v) is 7.59. The number of rotatable bonds is 5. The summed E-state index contributed by atoms with van der Waals surface area (Å²) in [4.78, 5) is 19.0. The van der Waals surface area contributed by atoms with Gasteiger partial charge in [0.2, 0.25) is 5.91 Å². The van der Waals surface area contributed by atoms with Gasteiger partial charge in [0, 0.05) is 10.7 Å². The molecule has 1 amide bonds. The van der Waals surface area contributed by atoms with Gasteiger partial charge in [-0.1, -0.05) is 29.8 Å². The highest BCUT2D eigenvalue weighted by Crippen LogP contribution is 2.28. The van der Waals surface area contributed by atoms with Gasteiger partial charge in [0.05, 0.1) is 22.8 Å². The van der Waals surface area contributed by atoms with Crippen LogP contribution in [0.25, 0.3) is 10.2 Å². The van der Waals surface area contributed by atoms with Crippen molar-refractivity contribution in [1.82, 2.24) is 9.88 Å². The lowest BCUT2D eigenvalue weighted by Gasteiger charge is -2.22. The maximum atomic E-state index is 12.3. The molecule has 6 heteroatoms. The summed E-state index contributed by atoms with van der Waals surface area (Å²) in [5.74, 6) is -0.0737. The third kappa shape index (κ3) is 4.18. The number of carbonyl (C=O) groups excluding carboxylic acids is 1. The van der Waals surface area contributed by atoms with E-state index in [0.717, 1.165) is 20.8 Å². The van der Waals surface area contributed by atoms with Crippen LogP contribution in [-0.4, -0.2) is 29.4 Å². The van der Waals surface area contributed by atoms with Crippen LogP contribution in [0.2, 0.25) is 5.02 Å². The summed E-state index contributed by atoms with van der Waals surface area (Å²) in [6.07, 6.45) is 0. The molecule has 0 radical (unpaired) electrons. The van der Waals surface area contributed by atoms with Crippen LogP contribution in [0, 0.1) is 6.92 Å². The van der Waals surface area contributed by atoms with E-state index in [2.05, 4.69) is 23.3 Å². The Labute approximate surface area is 156 Å². The molecule has 1 heterocycles. The molecule has 25 heavy (non-hydrogen) atoms. The molecule has 1 N–H and O–H groups in total. The fraction of sp³-hybridized carbons (Fsp3) is 0.263. The summed E-state index contributed by atoms with van der Waals surface area (Å²) in [5.41, 5.74) is 2.70. The van der Waals surface area contributed by atoms with Crippen LogP contribution in [0.15, 0.2) is 42.5 Å². The topological polar surface area (TPSA) is 45.2 Å². The van der Waals surface area contributed by atoms with E-state index in [1.165, 1.54) is 0 Å². The van der Waals surface area contributed by atoms with Crippen molar-refractivity contribution in [3.8, 4) is 0 Å². The van der Waals surface area contributed by atoms with Gasteiger partial charge in [-0.3, -0.25) is 9.69 Å². The molecule has 0 saturated carbocycles. The number of anilines is 1. The van der Waals surface area contributed by atoms with E-state index in [1.54, 1.807) is 17.4 Å². The molecule has 4 nitrogen and oxygen atoms in total. The Morgan fingerprint density at radius 2 is 2.08 bits per heavy atom. The van der Waals surface area contributed by atoms with Crippen LogP contribution in [0.4, 0.5) is 5.69 Å². The van der Waals surface area contributed by atoms with Crippen molar-refractivity contribution in [3.05, 3.63) is 58.1 Å². The Balaban J connectivity index is 1.64. The second kappa shape index (κ2) is 7.52. The van der Waals surface area contributed by atoms with Crippen LogP contribution in [0.1, 0.15) is 23.5 Å². The molecule has 0 spiro atoms. The van der Waals surface area contributed by atoms with E-state index in [9.17, 15) is 4.79 Å². The minimum absolute atomic E-state index is 0.0600. The molecule has 0 aliphatic rings. The smallest absolute Gasteiger partial charge is 0.238 e. The highest BCUT2D eigenvalue weighted by Gasteiger charge is 2.18. The normalized spacial score (nSPS) is 12.5. The average Bonchev–Trinajstić information content (AvgIpc) is 3.01. The minimum atomic E-state index is -0.0737. The zero-order valence-electron chi connectivity index (χ0n) is 14.4. The number of aromatic nitrogens is 1. The predicted octanol–water partition coefficient (Wildman–Crippen LogP) is 4.89. The number of hydrogen-bond acceptors (Lipinski definition) is 4. The number of hydrogen-bond donors (Lipinski definition) is 1. The van der Waals surface area contributed by atoms with Crippen molar-refractivity contribution in [2.24, 2.45) is 0 Å². The Kier molecular flexibility index (Phi) is 5.37. The van der Waals surface area contributed by atoms with Gasteiger partial charge in [-0.15, -0.1) is 11.3 Å². The molecule has 1 atom stereocenters. The predicted molar refractivity (Wildman–Crippen MR) is 105 cm³/mol. The highest BCUT2D eigenvalue weighted by atomic mass is 35.5. The molecule has 2 aromatic carbocycles. The monoisotopic (exact) mass is 373 g/mol. The lowest BCUT2D eigenvalue weighted by Crippen LogP contribution is -2.32. The van der Waals surface area contributed by atoms with E-state index in [0.29, 0.717) is 10.7 Å². The Bertz CT molecular complexity index is 876. The van der Waals surface area contributed by atoms with Gasteiger partial charge in [0.25, 0.3) is 0 Å². The van der Waals surface area contributed by atoms with Crippen LogP contribution >= 0.6 is 22.9 Å². The molecular formula is C19H20ClN3OS. The molecule has 0 fully saturated rings.